The van der Waals surface area contributed by atoms with Crippen molar-refractivity contribution < 1.29 is 0 Å². The molecule has 3 rings (SSSR count). The van der Waals surface area contributed by atoms with Crippen LogP contribution in [0.5, 0.6) is 0 Å². The molecule has 0 saturated carbocycles. The summed E-state index contributed by atoms with van der Waals surface area (Å²) in [6.45, 7) is 1.95. The maximum atomic E-state index is 4.37. The van der Waals surface area contributed by atoms with Gasteiger partial charge >= 0.3 is 0 Å². The van der Waals surface area contributed by atoms with Crippen LogP contribution < -0.4 is 5.32 Å². The summed E-state index contributed by atoms with van der Waals surface area (Å²) in [5, 5.41) is 15.2. The second-order valence-electron chi connectivity index (χ2n) is 4.26. The van der Waals surface area contributed by atoms with Gasteiger partial charge < -0.3 is 0 Å². The van der Waals surface area contributed by atoms with Gasteiger partial charge in [-0.05, 0) is 12.8 Å². The van der Waals surface area contributed by atoms with Gasteiger partial charge in [0.05, 0.1) is 0 Å². The lowest BCUT2D eigenvalue weighted by molar-refractivity contribution is 0.450. The lowest BCUT2D eigenvalue weighted by Gasteiger charge is -2.18. The highest BCUT2D eigenvalue weighted by atomic mass is 32.1. The van der Waals surface area contributed by atoms with Gasteiger partial charge in [-0.1, -0.05) is 41.7 Å². The smallest absolute Gasteiger partial charge is 0.147 e. The van der Waals surface area contributed by atoms with Gasteiger partial charge in [0.1, 0.15) is 10.0 Å². The van der Waals surface area contributed by atoms with Crippen LogP contribution in [0, 0.1) is 0 Å². The average Bonchev–Trinajstić information content (AvgIpc) is 2.90. The van der Waals surface area contributed by atoms with Gasteiger partial charge in [0.2, 0.25) is 0 Å². The zero-order valence-electron chi connectivity index (χ0n) is 9.54. The van der Waals surface area contributed by atoms with E-state index in [-0.39, 0.29) is 0 Å². The molecule has 1 aliphatic heterocycles. The van der Waals surface area contributed by atoms with Crippen LogP contribution in [0.2, 0.25) is 0 Å². The number of piperidine rings is 1. The fraction of sp³-hybridized carbons (Fsp3) is 0.385. The molecule has 0 atom stereocenters. The van der Waals surface area contributed by atoms with Crippen LogP contribution in [0.4, 0.5) is 0 Å². The van der Waals surface area contributed by atoms with E-state index >= 15 is 0 Å². The first-order chi connectivity index (χ1) is 8.43. The van der Waals surface area contributed by atoms with E-state index in [9.17, 15) is 0 Å². The summed E-state index contributed by atoms with van der Waals surface area (Å²) in [5.41, 5.74) is 1.16. The summed E-state index contributed by atoms with van der Waals surface area (Å²) in [6.07, 6.45) is 2.26. The predicted molar refractivity (Wildman–Crippen MR) is 69.2 cm³/mol. The van der Waals surface area contributed by atoms with Crippen LogP contribution in [-0.4, -0.2) is 23.3 Å². The van der Waals surface area contributed by atoms with Crippen molar-refractivity contribution in [3.8, 4) is 10.6 Å². The predicted octanol–water partition coefficient (Wildman–Crippen LogP) is 2.69. The van der Waals surface area contributed by atoms with Crippen molar-refractivity contribution in [2.45, 2.75) is 18.8 Å². The Morgan fingerprint density at radius 1 is 1.00 bits per heavy atom. The van der Waals surface area contributed by atoms with Gasteiger partial charge in [0.25, 0.3) is 0 Å². The lowest BCUT2D eigenvalue weighted by Crippen LogP contribution is -2.20. The van der Waals surface area contributed by atoms with Crippen molar-refractivity contribution in [3.63, 3.8) is 0 Å². The Morgan fingerprint density at radius 3 is 2.53 bits per heavy atom. The molecule has 0 aliphatic carbocycles. The number of nitrogens with zero attached hydrogens (tertiary/aromatic N) is 3. The summed E-state index contributed by atoms with van der Waals surface area (Å²) >= 11 is 1.73. The largest absolute Gasteiger partial charge is 0.242 e. The van der Waals surface area contributed by atoms with Crippen LogP contribution in [0.25, 0.3) is 10.6 Å². The first-order valence-corrected chi connectivity index (χ1v) is 6.77. The third-order valence-electron chi connectivity index (χ3n) is 3.08. The molecule has 2 aromatic rings. The van der Waals surface area contributed by atoms with E-state index in [1.165, 1.54) is 5.01 Å². The number of rotatable bonds is 2. The van der Waals surface area contributed by atoms with Crippen LogP contribution in [0.1, 0.15) is 23.8 Å². The Morgan fingerprint density at radius 2 is 1.76 bits per heavy atom. The second-order valence-corrected chi connectivity index (χ2v) is 5.27. The number of benzene rings is 1. The number of hydrogen-bond acceptors (Lipinski definition) is 3. The van der Waals surface area contributed by atoms with E-state index in [0.717, 1.165) is 36.5 Å². The lowest BCUT2D eigenvalue weighted by atomic mass is 9.99. The summed E-state index contributed by atoms with van der Waals surface area (Å²) in [5.74, 6) is 0.572. The topological polar surface area (TPSA) is 39.9 Å². The van der Waals surface area contributed by atoms with E-state index in [0.29, 0.717) is 5.92 Å². The minimum atomic E-state index is 0.572. The molecule has 0 unspecified atom stereocenters. The summed E-state index contributed by atoms with van der Waals surface area (Å²) in [7, 11) is 0. The van der Waals surface area contributed by atoms with Gasteiger partial charge in [-0.3, -0.25) is 0 Å². The van der Waals surface area contributed by atoms with E-state index in [1.807, 2.05) is 18.2 Å². The molecule has 1 aliphatic rings. The highest BCUT2D eigenvalue weighted by Gasteiger charge is 2.20. The maximum absolute atomic E-state index is 4.37. The van der Waals surface area contributed by atoms with Gasteiger partial charge in [0.15, 0.2) is 0 Å². The van der Waals surface area contributed by atoms with Crippen molar-refractivity contribution in [1.82, 2.24) is 15.5 Å². The molecule has 1 fully saturated rings. The molecular weight excluding hydrogens is 230 g/mol. The Labute approximate surface area is 105 Å². The number of aromatic nitrogens is 2. The molecule has 0 N–H and O–H groups in total. The van der Waals surface area contributed by atoms with Crippen LogP contribution in [0.15, 0.2) is 30.3 Å². The fourth-order valence-electron chi connectivity index (χ4n) is 2.09. The molecular formula is C13H14N3S. The molecule has 1 aromatic carbocycles. The van der Waals surface area contributed by atoms with Crippen molar-refractivity contribution in [2.75, 3.05) is 13.1 Å². The fourth-order valence-corrected chi connectivity index (χ4v) is 3.11. The second kappa shape index (κ2) is 4.94. The van der Waals surface area contributed by atoms with Crippen molar-refractivity contribution in [2.24, 2.45) is 0 Å². The Balaban J connectivity index is 1.83. The van der Waals surface area contributed by atoms with Crippen LogP contribution in [0.3, 0.4) is 0 Å². The van der Waals surface area contributed by atoms with E-state index in [2.05, 4.69) is 27.6 Å². The highest BCUT2D eigenvalue weighted by Crippen LogP contribution is 2.31. The monoisotopic (exact) mass is 244 g/mol. The van der Waals surface area contributed by atoms with Gasteiger partial charge in [-0.15, -0.1) is 10.2 Å². The summed E-state index contributed by atoms with van der Waals surface area (Å²) in [6, 6.07) is 10.3. The first kappa shape index (κ1) is 10.9. The molecule has 0 bridgehead atoms. The zero-order chi connectivity index (χ0) is 11.5. The standard InChI is InChI=1S/C13H14N3S/c1-2-4-10(5-3-1)12-15-16-13(17-12)11-6-8-14-9-7-11/h1-5,11H,6-9H2. The van der Waals surface area contributed by atoms with E-state index < -0.39 is 0 Å². The highest BCUT2D eigenvalue weighted by molar-refractivity contribution is 7.14. The SMILES string of the molecule is c1ccc(-c2nnc(C3CC[N]CC3)s2)cc1. The summed E-state index contributed by atoms with van der Waals surface area (Å²) < 4.78 is 0. The minimum absolute atomic E-state index is 0.572. The molecule has 3 nitrogen and oxygen atoms in total. The van der Waals surface area contributed by atoms with E-state index in [4.69, 9.17) is 0 Å². The molecule has 1 aromatic heterocycles. The molecule has 0 amide bonds. The third-order valence-corrected chi connectivity index (χ3v) is 4.22. The normalized spacial score (nSPS) is 17.2. The molecule has 1 saturated heterocycles. The van der Waals surface area contributed by atoms with Crippen molar-refractivity contribution >= 4 is 11.3 Å². The van der Waals surface area contributed by atoms with Gasteiger partial charge in [0, 0.05) is 24.6 Å². The Bertz CT molecular complexity index is 474. The third kappa shape index (κ3) is 2.37. The van der Waals surface area contributed by atoms with Crippen LogP contribution in [-0.2, 0) is 0 Å². The van der Waals surface area contributed by atoms with Gasteiger partial charge in [-0.2, -0.15) is 0 Å². The molecule has 1 radical (unpaired) electrons. The molecule has 0 spiro atoms. The maximum Gasteiger partial charge on any atom is 0.147 e. The molecule has 87 valence electrons. The summed E-state index contributed by atoms with van der Waals surface area (Å²) in [4.78, 5) is 0. The van der Waals surface area contributed by atoms with Crippen molar-refractivity contribution in [3.05, 3.63) is 35.3 Å². The van der Waals surface area contributed by atoms with Crippen molar-refractivity contribution in [1.29, 1.82) is 0 Å². The van der Waals surface area contributed by atoms with E-state index in [1.54, 1.807) is 11.3 Å². The molecule has 17 heavy (non-hydrogen) atoms. The Kier molecular flexibility index (Phi) is 3.16. The number of hydrogen-bond donors (Lipinski definition) is 0. The zero-order valence-corrected chi connectivity index (χ0v) is 10.4. The quantitative estimate of drug-likeness (QED) is 0.815. The minimum Gasteiger partial charge on any atom is -0.242 e. The van der Waals surface area contributed by atoms with Crippen LogP contribution >= 0.6 is 11.3 Å². The first-order valence-electron chi connectivity index (χ1n) is 5.95. The Hall–Kier alpha value is -1.26. The average molecular weight is 244 g/mol. The molecule has 2 heterocycles. The molecule has 4 heteroatoms. The van der Waals surface area contributed by atoms with Gasteiger partial charge in [-0.25, -0.2) is 5.32 Å².